The van der Waals surface area contributed by atoms with Gasteiger partial charge in [0.05, 0.1) is 11.9 Å². The Balaban J connectivity index is 3.89. The van der Waals surface area contributed by atoms with Gasteiger partial charge in [-0.05, 0) is 13.0 Å². The van der Waals surface area contributed by atoms with Crippen molar-refractivity contribution in [1.82, 2.24) is 5.43 Å². The maximum absolute atomic E-state index is 9.80. The molecule has 0 fully saturated rings. The van der Waals surface area contributed by atoms with Crippen molar-refractivity contribution in [2.75, 3.05) is 7.05 Å². The molecule has 0 aromatic heterocycles. The van der Waals surface area contributed by atoms with Gasteiger partial charge in [0, 0.05) is 13.2 Å². The van der Waals surface area contributed by atoms with Crippen molar-refractivity contribution in [2.45, 2.75) is 6.92 Å². The molecule has 0 aliphatic rings. The fourth-order valence-electron chi connectivity index (χ4n) is 0.387. The predicted molar refractivity (Wildman–Crippen MR) is 45.9 cm³/mol. The minimum absolute atomic E-state index is 0.673. The fourth-order valence-corrected chi connectivity index (χ4v) is 0.387. The molecule has 0 heterocycles. The first-order valence-corrected chi connectivity index (χ1v) is 3.15. The third kappa shape index (κ3) is 6.44. The van der Waals surface area contributed by atoms with E-state index < -0.39 is 0 Å². The normalized spacial score (nSPS) is 12.7. The molecule has 0 bridgehead atoms. The zero-order chi connectivity index (χ0) is 8.53. The molecule has 0 aromatic rings. The van der Waals surface area contributed by atoms with Crippen molar-refractivity contribution in [3.8, 4) is 0 Å². The smallest absolute Gasteiger partial charge is 0.144 e. The van der Waals surface area contributed by atoms with Crippen molar-refractivity contribution < 1.29 is 4.79 Å². The second-order valence-corrected chi connectivity index (χ2v) is 1.73. The van der Waals surface area contributed by atoms with Gasteiger partial charge >= 0.3 is 0 Å². The maximum Gasteiger partial charge on any atom is 0.144 e. The molecule has 1 N–H and O–H groups in total. The van der Waals surface area contributed by atoms with Crippen LogP contribution < -0.4 is 5.43 Å². The van der Waals surface area contributed by atoms with Crippen LogP contribution in [0.5, 0.6) is 0 Å². The summed E-state index contributed by atoms with van der Waals surface area (Å²) in [5.74, 6) is 0. The topological polar surface area (TPSA) is 53.8 Å². The third-order valence-corrected chi connectivity index (χ3v) is 0.823. The summed E-state index contributed by atoms with van der Waals surface area (Å²) in [6, 6.07) is 0. The molecule has 11 heavy (non-hydrogen) atoms. The van der Waals surface area contributed by atoms with Crippen molar-refractivity contribution in [1.29, 1.82) is 0 Å². The molecule has 0 amide bonds. The van der Waals surface area contributed by atoms with Crippen molar-refractivity contribution in [3.05, 3.63) is 12.3 Å². The van der Waals surface area contributed by atoms with Crippen LogP contribution >= 0.6 is 0 Å². The van der Waals surface area contributed by atoms with Crippen LogP contribution in [0.25, 0.3) is 0 Å². The van der Waals surface area contributed by atoms with E-state index in [4.69, 9.17) is 0 Å². The summed E-state index contributed by atoms with van der Waals surface area (Å²) in [5.41, 5.74) is 3.32. The summed E-state index contributed by atoms with van der Waals surface area (Å²) < 4.78 is 0. The third-order valence-electron chi connectivity index (χ3n) is 0.823. The van der Waals surface area contributed by atoms with Crippen LogP contribution in [0.4, 0.5) is 0 Å². The number of rotatable bonds is 4. The lowest BCUT2D eigenvalue weighted by Gasteiger charge is -1.86. The summed E-state index contributed by atoms with van der Waals surface area (Å²) in [6.07, 6.45) is 4.97. The van der Waals surface area contributed by atoms with E-state index in [1.54, 1.807) is 20.2 Å². The number of hydrazone groups is 1. The second-order valence-electron chi connectivity index (χ2n) is 1.73. The molecule has 0 radical (unpaired) electrons. The Hall–Kier alpha value is -1.45. The van der Waals surface area contributed by atoms with Gasteiger partial charge in [-0.2, -0.15) is 5.10 Å². The monoisotopic (exact) mass is 153 g/mol. The van der Waals surface area contributed by atoms with E-state index >= 15 is 0 Å². The molecule has 4 heteroatoms. The van der Waals surface area contributed by atoms with Crippen molar-refractivity contribution in [3.63, 3.8) is 0 Å². The quantitative estimate of drug-likeness (QED) is 0.274. The Bertz CT molecular complexity index is 194. The van der Waals surface area contributed by atoms with Gasteiger partial charge in [0.2, 0.25) is 0 Å². The van der Waals surface area contributed by atoms with Crippen molar-refractivity contribution in [2.24, 2.45) is 10.1 Å². The lowest BCUT2D eigenvalue weighted by atomic mass is 10.5. The van der Waals surface area contributed by atoms with E-state index in [0.717, 1.165) is 5.71 Å². The van der Waals surface area contributed by atoms with Gasteiger partial charge in [0.15, 0.2) is 0 Å². The fraction of sp³-hybridized carbons (Fsp3) is 0.286. The van der Waals surface area contributed by atoms with E-state index in [0.29, 0.717) is 6.29 Å². The van der Waals surface area contributed by atoms with Crippen molar-refractivity contribution >= 4 is 18.2 Å². The summed E-state index contributed by atoms with van der Waals surface area (Å²) in [7, 11) is 1.70. The number of carbonyl (C=O) groups excluding carboxylic acids is 1. The molecule has 0 aliphatic carbocycles. The van der Waals surface area contributed by atoms with Gasteiger partial charge in [-0.25, -0.2) is 0 Å². The molecule has 0 saturated heterocycles. The number of nitrogens with zero attached hydrogens (tertiary/aromatic N) is 2. The number of aldehydes is 1. The zero-order valence-electron chi connectivity index (χ0n) is 6.61. The largest absolute Gasteiger partial charge is 0.313 e. The Morgan fingerprint density at radius 1 is 1.55 bits per heavy atom. The first-order chi connectivity index (χ1) is 5.31. The van der Waals surface area contributed by atoms with Crippen LogP contribution in [0, 0.1) is 0 Å². The van der Waals surface area contributed by atoms with Gasteiger partial charge < -0.3 is 5.43 Å². The minimum Gasteiger partial charge on any atom is -0.313 e. The summed E-state index contributed by atoms with van der Waals surface area (Å²) in [5, 5.41) is 3.72. The minimum atomic E-state index is 0.673. The average Bonchev–Trinajstić information content (AvgIpc) is 2.01. The van der Waals surface area contributed by atoms with Gasteiger partial charge in [0.1, 0.15) is 6.29 Å². The molecule has 60 valence electrons. The number of carbonyl (C=O) groups is 1. The van der Waals surface area contributed by atoms with E-state index in [1.807, 2.05) is 0 Å². The number of hydrogen-bond acceptors (Lipinski definition) is 4. The predicted octanol–water partition coefficient (Wildman–Crippen LogP) is 0.365. The first kappa shape index (κ1) is 9.55. The SMILES string of the molecule is CN\N=C/C(C)=N\C=C\C=O. The highest BCUT2D eigenvalue weighted by atomic mass is 16.1. The lowest BCUT2D eigenvalue weighted by molar-refractivity contribution is -0.104. The van der Waals surface area contributed by atoms with Crippen LogP contribution in [-0.2, 0) is 4.79 Å². The van der Waals surface area contributed by atoms with Gasteiger partial charge in [-0.1, -0.05) is 0 Å². The highest BCUT2D eigenvalue weighted by Gasteiger charge is 1.78. The Morgan fingerprint density at radius 3 is 2.82 bits per heavy atom. The number of aliphatic imine (C=N–C) groups is 1. The van der Waals surface area contributed by atoms with Gasteiger partial charge in [-0.3, -0.25) is 9.79 Å². The van der Waals surface area contributed by atoms with Crippen LogP contribution in [0.2, 0.25) is 0 Å². The van der Waals surface area contributed by atoms with E-state index in [9.17, 15) is 4.79 Å². The number of nitrogens with one attached hydrogen (secondary N) is 1. The molecular formula is C7H11N3O. The van der Waals surface area contributed by atoms with Crippen LogP contribution in [0.3, 0.4) is 0 Å². The average molecular weight is 153 g/mol. The molecule has 0 unspecified atom stereocenters. The molecule has 0 aliphatic heterocycles. The molecular weight excluding hydrogens is 142 g/mol. The number of hydrogen-bond donors (Lipinski definition) is 1. The second kappa shape index (κ2) is 6.67. The van der Waals surface area contributed by atoms with E-state index in [2.05, 4.69) is 15.5 Å². The molecule has 0 aromatic carbocycles. The maximum atomic E-state index is 9.80. The highest BCUT2D eigenvalue weighted by Crippen LogP contribution is 1.75. The summed E-state index contributed by atoms with van der Waals surface area (Å²) in [6.45, 7) is 1.79. The van der Waals surface area contributed by atoms with E-state index in [1.165, 1.54) is 12.3 Å². The Labute approximate surface area is 65.7 Å². The first-order valence-electron chi connectivity index (χ1n) is 3.15. The summed E-state index contributed by atoms with van der Waals surface area (Å²) >= 11 is 0. The highest BCUT2D eigenvalue weighted by molar-refractivity contribution is 6.29. The van der Waals surface area contributed by atoms with E-state index in [-0.39, 0.29) is 0 Å². The Kier molecular flexibility index (Phi) is 5.79. The molecule has 4 nitrogen and oxygen atoms in total. The molecule has 0 rings (SSSR count). The van der Waals surface area contributed by atoms with Crippen LogP contribution in [0.1, 0.15) is 6.92 Å². The Morgan fingerprint density at radius 2 is 2.27 bits per heavy atom. The molecule has 0 atom stereocenters. The lowest BCUT2D eigenvalue weighted by Crippen LogP contribution is -1.99. The van der Waals surface area contributed by atoms with Gasteiger partial charge in [-0.15, -0.1) is 0 Å². The standard InChI is InChI=1S/C7H11N3O/c1-7(6-10-8-2)9-4-3-5-11/h3-6,8H,1-2H3/b4-3+,9-7-,10-6-. The number of allylic oxidation sites excluding steroid dienone is 1. The zero-order valence-corrected chi connectivity index (χ0v) is 6.61. The van der Waals surface area contributed by atoms with Crippen LogP contribution in [-0.4, -0.2) is 25.3 Å². The van der Waals surface area contributed by atoms with Gasteiger partial charge in [0.25, 0.3) is 0 Å². The molecule has 0 spiro atoms. The molecule has 0 saturated carbocycles. The summed E-state index contributed by atoms with van der Waals surface area (Å²) in [4.78, 5) is 13.7. The van der Waals surface area contributed by atoms with Crippen LogP contribution in [0.15, 0.2) is 22.4 Å².